The predicted molar refractivity (Wildman–Crippen MR) is 74.6 cm³/mol. The summed E-state index contributed by atoms with van der Waals surface area (Å²) < 4.78 is 0. The van der Waals surface area contributed by atoms with E-state index in [9.17, 15) is 4.79 Å². The molecule has 1 heterocycles. The third kappa shape index (κ3) is 3.87. The topological polar surface area (TPSA) is 40.5 Å². The number of carboxylic acids is 1. The molecular formula is C13H17Cl2NO2. The molecule has 0 aromatic heterocycles. The highest BCUT2D eigenvalue weighted by atomic mass is 35.5. The molecule has 100 valence electrons. The summed E-state index contributed by atoms with van der Waals surface area (Å²) in [5.41, 5.74) is 1.11. The van der Waals surface area contributed by atoms with E-state index in [1.807, 2.05) is 29.2 Å². The second kappa shape index (κ2) is 6.98. The average molecular weight is 290 g/mol. The third-order valence-corrected chi connectivity index (χ3v) is 3.62. The summed E-state index contributed by atoms with van der Waals surface area (Å²) in [6.07, 6.45) is 2.97. The zero-order valence-corrected chi connectivity index (χ0v) is 11.6. The molecule has 1 saturated heterocycles. The van der Waals surface area contributed by atoms with Crippen molar-refractivity contribution in [3.63, 3.8) is 0 Å². The molecule has 0 bridgehead atoms. The van der Waals surface area contributed by atoms with Crippen molar-refractivity contribution in [1.29, 1.82) is 0 Å². The molecule has 1 aromatic carbocycles. The van der Waals surface area contributed by atoms with Gasteiger partial charge in [-0.15, -0.1) is 12.4 Å². The molecule has 0 radical (unpaired) electrons. The molecule has 1 N–H and O–H groups in total. The fourth-order valence-corrected chi connectivity index (χ4v) is 2.64. The van der Waals surface area contributed by atoms with Gasteiger partial charge < -0.3 is 5.11 Å². The Labute approximate surface area is 118 Å². The fourth-order valence-electron chi connectivity index (χ4n) is 2.43. The lowest BCUT2D eigenvalue weighted by molar-refractivity contribution is -0.138. The normalized spacial score (nSPS) is 19.5. The number of likely N-dealkylation sites (tertiary alicyclic amines) is 1. The lowest BCUT2D eigenvalue weighted by atomic mass is 10.0. The number of hydrogen-bond acceptors (Lipinski definition) is 2. The third-order valence-electron chi connectivity index (χ3n) is 3.25. The van der Waals surface area contributed by atoms with Crippen LogP contribution in [0.2, 0.25) is 5.02 Å². The molecule has 1 fully saturated rings. The first-order valence-electron chi connectivity index (χ1n) is 5.86. The number of hydrogen-bond donors (Lipinski definition) is 1. The Morgan fingerprint density at radius 1 is 1.44 bits per heavy atom. The van der Waals surface area contributed by atoms with Crippen molar-refractivity contribution in [2.24, 2.45) is 0 Å². The molecule has 0 saturated carbocycles. The molecule has 0 spiro atoms. The summed E-state index contributed by atoms with van der Waals surface area (Å²) in [7, 11) is 0. The first-order valence-corrected chi connectivity index (χ1v) is 6.24. The zero-order chi connectivity index (χ0) is 12.3. The molecule has 1 unspecified atom stereocenters. The van der Waals surface area contributed by atoms with Crippen LogP contribution >= 0.6 is 24.0 Å². The van der Waals surface area contributed by atoms with Crippen LogP contribution in [0.4, 0.5) is 0 Å². The maximum Gasteiger partial charge on any atom is 0.317 e. The number of nitrogens with zero attached hydrogens (tertiary/aromatic N) is 1. The molecule has 0 amide bonds. The van der Waals surface area contributed by atoms with Crippen LogP contribution in [0.25, 0.3) is 0 Å². The van der Waals surface area contributed by atoms with Gasteiger partial charge in [-0.3, -0.25) is 9.69 Å². The van der Waals surface area contributed by atoms with Crippen LogP contribution in [0.3, 0.4) is 0 Å². The number of rotatable bonds is 4. The lowest BCUT2D eigenvalue weighted by Gasteiger charge is -2.22. The van der Waals surface area contributed by atoms with E-state index in [-0.39, 0.29) is 19.0 Å². The number of benzene rings is 1. The molecule has 1 aromatic rings. The average Bonchev–Trinajstić information content (AvgIpc) is 2.68. The highest BCUT2D eigenvalue weighted by Gasteiger charge is 2.26. The minimum absolute atomic E-state index is 0. The second-order valence-electron chi connectivity index (χ2n) is 4.46. The number of carboxylic acid groups (broad SMARTS) is 1. The van der Waals surface area contributed by atoms with E-state index in [0.29, 0.717) is 6.04 Å². The van der Waals surface area contributed by atoms with Gasteiger partial charge in [0.25, 0.3) is 0 Å². The second-order valence-corrected chi connectivity index (χ2v) is 4.86. The van der Waals surface area contributed by atoms with Gasteiger partial charge in [0.2, 0.25) is 0 Å². The Balaban J connectivity index is 0.00000162. The van der Waals surface area contributed by atoms with E-state index in [1.165, 1.54) is 0 Å². The summed E-state index contributed by atoms with van der Waals surface area (Å²) >= 11 is 6.12. The number of carbonyl (C=O) groups is 1. The largest absolute Gasteiger partial charge is 0.480 e. The van der Waals surface area contributed by atoms with Crippen LogP contribution in [0, 0.1) is 0 Å². The molecule has 1 aliphatic heterocycles. The van der Waals surface area contributed by atoms with Gasteiger partial charge in [0.15, 0.2) is 0 Å². The quantitative estimate of drug-likeness (QED) is 0.927. The summed E-state index contributed by atoms with van der Waals surface area (Å²) in [5.74, 6) is -0.754. The van der Waals surface area contributed by atoms with Gasteiger partial charge in [-0.05, 0) is 37.4 Å². The molecule has 3 nitrogen and oxygen atoms in total. The van der Waals surface area contributed by atoms with Crippen LogP contribution in [-0.4, -0.2) is 35.1 Å². The Hall–Kier alpha value is -0.770. The monoisotopic (exact) mass is 289 g/mol. The highest BCUT2D eigenvalue weighted by Crippen LogP contribution is 2.24. The van der Waals surface area contributed by atoms with Crippen molar-refractivity contribution in [1.82, 2.24) is 4.90 Å². The number of halogens is 2. The van der Waals surface area contributed by atoms with Gasteiger partial charge in [-0.1, -0.05) is 29.8 Å². The zero-order valence-electron chi connectivity index (χ0n) is 10.0. The summed E-state index contributed by atoms with van der Waals surface area (Å²) in [4.78, 5) is 12.8. The molecule has 5 heteroatoms. The standard InChI is InChI=1S/C13H16ClNO2.ClH/c14-12-6-2-1-4-10(12)8-11-5-3-7-15(11)9-13(16)17;/h1-2,4,6,11H,3,5,7-9H2,(H,16,17);1H. The maximum atomic E-state index is 10.8. The minimum Gasteiger partial charge on any atom is -0.480 e. The Morgan fingerprint density at radius 3 is 2.83 bits per heavy atom. The lowest BCUT2D eigenvalue weighted by Crippen LogP contribution is -2.35. The Kier molecular flexibility index (Phi) is 5.93. The molecule has 2 rings (SSSR count). The van der Waals surface area contributed by atoms with Gasteiger partial charge >= 0.3 is 5.97 Å². The van der Waals surface area contributed by atoms with Gasteiger partial charge in [-0.2, -0.15) is 0 Å². The Bertz CT molecular complexity index is 412. The van der Waals surface area contributed by atoms with Gasteiger partial charge in [-0.25, -0.2) is 0 Å². The van der Waals surface area contributed by atoms with E-state index in [4.69, 9.17) is 16.7 Å². The first-order chi connectivity index (χ1) is 8.16. The van der Waals surface area contributed by atoms with Crippen molar-refractivity contribution >= 4 is 30.0 Å². The first kappa shape index (κ1) is 15.3. The van der Waals surface area contributed by atoms with Crippen LogP contribution in [-0.2, 0) is 11.2 Å². The van der Waals surface area contributed by atoms with E-state index >= 15 is 0 Å². The highest BCUT2D eigenvalue weighted by molar-refractivity contribution is 6.31. The van der Waals surface area contributed by atoms with Crippen LogP contribution in [0.1, 0.15) is 18.4 Å². The molecule has 1 aliphatic rings. The van der Waals surface area contributed by atoms with Crippen molar-refractivity contribution < 1.29 is 9.90 Å². The minimum atomic E-state index is -0.754. The van der Waals surface area contributed by atoms with Crippen molar-refractivity contribution in [3.8, 4) is 0 Å². The van der Waals surface area contributed by atoms with E-state index in [0.717, 1.165) is 36.4 Å². The molecule has 1 atom stereocenters. The number of aliphatic carboxylic acids is 1. The van der Waals surface area contributed by atoms with Crippen LogP contribution < -0.4 is 0 Å². The van der Waals surface area contributed by atoms with Crippen molar-refractivity contribution in [3.05, 3.63) is 34.9 Å². The van der Waals surface area contributed by atoms with Gasteiger partial charge in [0.1, 0.15) is 0 Å². The van der Waals surface area contributed by atoms with E-state index in [2.05, 4.69) is 0 Å². The Morgan fingerprint density at radius 2 is 2.17 bits per heavy atom. The van der Waals surface area contributed by atoms with E-state index in [1.54, 1.807) is 0 Å². The van der Waals surface area contributed by atoms with Crippen LogP contribution in [0.5, 0.6) is 0 Å². The van der Waals surface area contributed by atoms with Crippen molar-refractivity contribution in [2.45, 2.75) is 25.3 Å². The van der Waals surface area contributed by atoms with Gasteiger partial charge in [0, 0.05) is 11.1 Å². The summed E-state index contributed by atoms with van der Waals surface area (Å²) in [6, 6.07) is 8.09. The van der Waals surface area contributed by atoms with Crippen LogP contribution in [0.15, 0.2) is 24.3 Å². The molecule has 18 heavy (non-hydrogen) atoms. The SMILES string of the molecule is Cl.O=C(O)CN1CCCC1Cc1ccccc1Cl. The van der Waals surface area contributed by atoms with E-state index < -0.39 is 5.97 Å². The van der Waals surface area contributed by atoms with Crippen molar-refractivity contribution in [2.75, 3.05) is 13.1 Å². The molecular weight excluding hydrogens is 273 g/mol. The van der Waals surface area contributed by atoms with Gasteiger partial charge in [0.05, 0.1) is 6.54 Å². The summed E-state index contributed by atoms with van der Waals surface area (Å²) in [6.45, 7) is 1.01. The molecule has 0 aliphatic carbocycles. The fraction of sp³-hybridized carbons (Fsp3) is 0.462. The maximum absolute atomic E-state index is 10.8. The smallest absolute Gasteiger partial charge is 0.317 e. The predicted octanol–water partition coefficient (Wildman–Crippen LogP) is 2.85. The summed E-state index contributed by atoms with van der Waals surface area (Å²) in [5, 5.41) is 9.62.